The van der Waals surface area contributed by atoms with E-state index in [1.165, 1.54) is 36.4 Å². The quantitative estimate of drug-likeness (QED) is 0.0879. The molecule has 1 aromatic rings. The first-order valence-corrected chi connectivity index (χ1v) is 13.7. The minimum atomic E-state index is -1.22. The molecule has 6 amide bonds. The summed E-state index contributed by atoms with van der Waals surface area (Å²) in [6.45, 7) is 4.09. The molecule has 1 aliphatic rings. The monoisotopic (exact) mass is 572 g/mol. The molecule has 3 atom stereocenters. The highest BCUT2D eigenvalue weighted by Crippen LogP contribution is 2.16. The Hall–Kier alpha value is -4.10. The van der Waals surface area contributed by atoms with Crippen molar-refractivity contribution in [3.8, 4) is 0 Å². The lowest BCUT2D eigenvalue weighted by Crippen LogP contribution is -2.51. The lowest BCUT2D eigenvalue weighted by Gasteiger charge is -2.22. The van der Waals surface area contributed by atoms with Gasteiger partial charge in [0, 0.05) is 36.5 Å². The molecule has 0 fully saturated rings. The second-order valence-corrected chi connectivity index (χ2v) is 10.2. The molecule has 41 heavy (non-hydrogen) atoms. The topological polar surface area (TPSA) is 214 Å². The number of hydrogen-bond donors (Lipinski definition) is 6. The SMILES string of the molecule is CC(C)[C@H](N)C(=O)N[C@@H](CCCNC(N)=O)C(=O)Nc1ccc(C(=O)C(O)CCCCCN2C(=O)C=CC2=O)cc1. The van der Waals surface area contributed by atoms with Crippen LogP contribution in [0.15, 0.2) is 36.4 Å². The van der Waals surface area contributed by atoms with Gasteiger partial charge in [-0.1, -0.05) is 26.7 Å². The Bertz CT molecular complexity index is 1120. The molecule has 13 nitrogen and oxygen atoms in total. The van der Waals surface area contributed by atoms with E-state index in [0.717, 1.165) is 4.90 Å². The van der Waals surface area contributed by atoms with Crippen LogP contribution in [0.4, 0.5) is 10.5 Å². The summed E-state index contributed by atoms with van der Waals surface area (Å²) in [5.41, 5.74) is 11.6. The van der Waals surface area contributed by atoms with E-state index in [0.29, 0.717) is 37.9 Å². The number of nitrogens with two attached hydrogens (primary N) is 2. The average Bonchev–Trinajstić information content (AvgIpc) is 3.25. The smallest absolute Gasteiger partial charge is 0.312 e. The standard InChI is InChI=1S/C28H40N6O7/c1-17(2)24(29)27(40)33-20(7-6-15-31-28(30)41)26(39)32-19-11-9-18(10-12-19)25(38)21(35)8-4-3-5-16-34-22(36)13-14-23(34)37/h9-14,17,20-21,24,35H,3-8,15-16,29H2,1-2H3,(H,32,39)(H,33,40)(H3,30,31,41)/t20-,21?,24-/m0/s1. The van der Waals surface area contributed by atoms with E-state index in [1.807, 2.05) is 0 Å². The molecule has 2 rings (SSSR count). The van der Waals surface area contributed by atoms with Crippen molar-refractivity contribution in [1.82, 2.24) is 15.5 Å². The van der Waals surface area contributed by atoms with Crippen molar-refractivity contribution in [3.05, 3.63) is 42.0 Å². The third kappa shape index (κ3) is 10.8. The Morgan fingerprint density at radius 3 is 2.12 bits per heavy atom. The summed E-state index contributed by atoms with van der Waals surface area (Å²) in [5, 5.41) is 18.1. The number of nitrogens with one attached hydrogen (secondary N) is 3. The summed E-state index contributed by atoms with van der Waals surface area (Å²) >= 11 is 0. The van der Waals surface area contributed by atoms with Gasteiger partial charge in [0.05, 0.1) is 6.04 Å². The third-order valence-corrected chi connectivity index (χ3v) is 6.62. The first-order chi connectivity index (χ1) is 19.4. The van der Waals surface area contributed by atoms with Crippen LogP contribution in [0.5, 0.6) is 0 Å². The zero-order valence-corrected chi connectivity index (χ0v) is 23.4. The van der Waals surface area contributed by atoms with Crippen molar-refractivity contribution in [2.45, 2.75) is 70.6 Å². The van der Waals surface area contributed by atoms with Crippen LogP contribution in [0, 0.1) is 5.92 Å². The Morgan fingerprint density at radius 2 is 1.54 bits per heavy atom. The molecule has 1 aromatic carbocycles. The maximum absolute atomic E-state index is 13.0. The van der Waals surface area contributed by atoms with Crippen molar-refractivity contribution in [2.24, 2.45) is 17.4 Å². The first-order valence-electron chi connectivity index (χ1n) is 13.7. The lowest BCUT2D eigenvalue weighted by molar-refractivity contribution is -0.136. The molecule has 1 heterocycles. The predicted molar refractivity (Wildman–Crippen MR) is 151 cm³/mol. The van der Waals surface area contributed by atoms with Crippen LogP contribution >= 0.6 is 0 Å². The summed E-state index contributed by atoms with van der Waals surface area (Å²) in [5.74, 6) is -2.25. The van der Waals surface area contributed by atoms with Gasteiger partial charge >= 0.3 is 6.03 Å². The van der Waals surface area contributed by atoms with E-state index in [9.17, 15) is 33.9 Å². The number of imide groups is 1. The number of benzene rings is 1. The van der Waals surface area contributed by atoms with E-state index in [1.54, 1.807) is 13.8 Å². The van der Waals surface area contributed by atoms with Crippen LogP contribution in [0.2, 0.25) is 0 Å². The zero-order valence-electron chi connectivity index (χ0n) is 23.4. The molecule has 0 bridgehead atoms. The van der Waals surface area contributed by atoms with Gasteiger partial charge in [-0.15, -0.1) is 0 Å². The summed E-state index contributed by atoms with van der Waals surface area (Å²) in [6, 6.07) is 3.58. The summed E-state index contributed by atoms with van der Waals surface area (Å²) in [6.07, 6.45) is 3.79. The number of nitrogens with zero attached hydrogens (tertiary/aromatic N) is 1. The van der Waals surface area contributed by atoms with E-state index >= 15 is 0 Å². The maximum atomic E-state index is 13.0. The van der Waals surface area contributed by atoms with Crippen molar-refractivity contribution in [1.29, 1.82) is 0 Å². The average molecular weight is 573 g/mol. The van der Waals surface area contributed by atoms with Gasteiger partial charge in [-0.3, -0.25) is 28.9 Å². The number of unbranched alkanes of at least 4 members (excludes halogenated alkanes) is 2. The number of anilines is 1. The minimum Gasteiger partial charge on any atom is -0.385 e. The third-order valence-electron chi connectivity index (χ3n) is 6.62. The lowest BCUT2D eigenvalue weighted by atomic mass is 10.0. The normalized spacial score (nSPS) is 15.0. The molecule has 0 spiro atoms. The zero-order chi connectivity index (χ0) is 30.5. The molecule has 224 valence electrons. The van der Waals surface area contributed by atoms with Crippen LogP contribution in [-0.2, 0) is 19.2 Å². The van der Waals surface area contributed by atoms with E-state index in [4.69, 9.17) is 11.5 Å². The fourth-order valence-electron chi connectivity index (χ4n) is 4.06. The highest BCUT2D eigenvalue weighted by Gasteiger charge is 2.26. The molecule has 0 saturated carbocycles. The van der Waals surface area contributed by atoms with Crippen LogP contribution < -0.4 is 27.4 Å². The largest absolute Gasteiger partial charge is 0.385 e. The van der Waals surface area contributed by atoms with Gasteiger partial charge in [-0.2, -0.15) is 0 Å². The fraction of sp³-hybridized carbons (Fsp3) is 0.500. The van der Waals surface area contributed by atoms with Crippen molar-refractivity contribution < 1.29 is 33.9 Å². The molecule has 8 N–H and O–H groups in total. The van der Waals surface area contributed by atoms with Gasteiger partial charge in [0.1, 0.15) is 12.1 Å². The number of hydrogen-bond acceptors (Lipinski definition) is 8. The number of ketones is 1. The van der Waals surface area contributed by atoms with Gasteiger partial charge < -0.3 is 32.5 Å². The number of primary amides is 1. The summed E-state index contributed by atoms with van der Waals surface area (Å²) in [7, 11) is 0. The molecule has 0 aromatic heterocycles. The highest BCUT2D eigenvalue weighted by atomic mass is 16.3. The summed E-state index contributed by atoms with van der Waals surface area (Å²) in [4.78, 5) is 73.2. The van der Waals surface area contributed by atoms with Crippen LogP contribution in [0.3, 0.4) is 0 Å². The molecule has 0 saturated heterocycles. The summed E-state index contributed by atoms with van der Waals surface area (Å²) < 4.78 is 0. The van der Waals surface area contributed by atoms with Gasteiger partial charge in [-0.25, -0.2) is 4.79 Å². The number of rotatable bonds is 17. The Labute approximate surface area is 239 Å². The number of aliphatic hydroxyl groups is 1. The number of carbonyl (C=O) groups is 6. The Kier molecular flexibility index (Phi) is 13.1. The fourth-order valence-corrected chi connectivity index (χ4v) is 4.06. The molecule has 0 aliphatic carbocycles. The molecule has 13 heteroatoms. The maximum Gasteiger partial charge on any atom is 0.312 e. The van der Waals surface area contributed by atoms with Crippen LogP contribution in [-0.4, -0.2) is 76.7 Å². The Morgan fingerprint density at radius 1 is 0.902 bits per heavy atom. The van der Waals surface area contributed by atoms with Crippen molar-refractivity contribution in [3.63, 3.8) is 0 Å². The van der Waals surface area contributed by atoms with E-state index in [2.05, 4.69) is 16.0 Å². The molecular formula is C28H40N6O7. The van der Waals surface area contributed by atoms with Crippen molar-refractivity contribution >= 4 is 41.1 Å². The van der Waals surface area contributed by atoms with Crippen LogP contribution in [0.25, 0.3) is 0 Å². The molecule has 1 aliphatic heterocycles. The number of urea groups is 1. The van der Waals surface area contributed by atoms with Gasteiger partial charge in [0.15, 0.2) is 5.78 Å². The number of carbonyl (C=O) groups excluding carboxylic acids is 6. The van der Waals surface area contributed by atoms with Crippen molar-refractivity contribution in [2.75, 3.05) is 18.4 Å². The first kappa shape index (κ1) is 33.1. The van der Waals surface area contributed by atoms with E-state index < -0.39 is 41.8 Å². The second-order valence-electron chi connectivity index (χ2n) is 10.2. The Balaban J connectivity index is 1.87. The van der Waals surface area contributed by atoms with Gasteiger partial charge in [-0.05, 0) is 55.9 Å². The second kappa shape index (κ2) is 16.2. The van der Waals surface area contributed by atoms with Gasteiger partial charge in [0.25, 0.3) is 11.8 Å². The molecule has 1 unspecified atom stereocenters. The number of amides is 6. The molecule has 0 radical (unpaired) electrons. The predicted octanol–water partition coefficient (Wildman–Crippen LogP) is 0.571. The molecular weight excluding hydrogens is 532 g/mol. The van der Waals surface area contributed by atoms with Crippen LogP contribution in [0.1, 0.15) is 62.7 Å². The number of Topliss-reactive ketones (excluding diaryl/α,β-unsaturated/α-hetero) is 1. The highest BCUT2D eigenvalue weighted by molar-refractivity contribution is 6.12. The number of aliphatic hydroxyl groups excluding tert-OH is 1. The minimum absolute atomic E-state index is 0.139. The van der Waals surface area contributed by atoms with Gasteiger partial charge in [0.2, 0.25) is 11.8 Å². The van der Waals surface area contributed by atoms with E-state index in [-0.39, 0.29) is 42.7 Å².